The first-order chi connectivity index (χ1) is 9.08. The molecule has 0 fully saturated rings. The van der Waals surface area contributed by atoms with Crippen molar-refractivity contribution < 1.29 is 4.39 Å². The van der Waals surface area contributed by atoms with Crippen LogP contribution in [0.4, 0.5) is 10.1 Å². The van der Waals surface area contributed by atoms with E-state index >= 15 is 0 Å². The second-order valence-corrected chi connectivity index (χ2v) is 5.30. The summed E-state index contributed by atoms with van der Waals surface area (Å²) >= 11 is 15.2. The Labute approximate surface area is 128 Å². The third-order valence-corrected chi connectivity index (χ3v) is 3.41. The van der Waals surface area contributed by atoms with Crippen LogP contribution in [0, 0.1) is 5.82 Å². The Bertz CT molecular complexity index is 594. The number of halogens is 4. The van der Waals surface area contributed by atoms with Gasteiger partial charge in [-0.3, -0.25) is 5.43 Å². The molecule has 0 unspecified atom stereocenters. The van der Waals surface area contributed by atoms with Crippen molar-refractivity contribution in [2.45, 2.75) is 0 Å². The van der Waals surface area contributed by atoms with Crippen LogP contribution in [-0.2, 0) is 0 Å². The van der Waals surface area contributed by atoms with Crippen molar-refractivity contribution in [3.8, 4) is 0 Å². The van der Waals surface area contributed by atoms with Crippen LogP contribution in [0.25, 0.3) is 0 Å². The highest BCUT2D eigenvalue weighted by Gasteiger charge is 2.11. The van der Waals surface area contributed by atoms with E-state index in [4.69, 9.17) is 23.2 Å². The quantitative estimate of drug-likeness (QED) is 0.585. The molecule has 6 heteroatoms. The fraction of sp³-hybridized carbons (Fsp3) is 0. The highest BCUT2D eigenvalue weighted by molar-refractivity contribution is 9.10. The molecule has 0 saturated heterocycles. The Hall–Kier alpha value is -1.10. The lowest BCUT2D eigenvalue weighted by Crippen LogP contribution is -2.01. The Morgan fingerprint density at radius 2 is 1.84 bits per heavy atom. The van der Waals surface area contributed by atoms with Crippen LogP contribution in [0.1, 0.15) is 5.56 Å². The van der Waals surface area contributed by atoms with Gasteiger partial charge in [-0.05, 0) is 36.4 Å². The first kappa shape index (κ1) is 14.3. The van der Waals surface area contributed by atoms with Crippen molar-refractivity contribution in [1.29, 1.82) is 0 Å². The van der Waals surface area contributed by atoms with Gasteiger partial charge in [0.15, 0.2) is 5.17 Å². The maximum atomic E-state index is 13.6. The Morgan fingerprint density at radius 3 is 2.47 bits per heavy atom. The van der Waals surface area contributed by atoms with Crippen molar-refractivity contribution >= 4 is 50.0 Å². The maximum absolute atomic E-state index is 13.6. The van der Waals surface area contributed by atoms with Crippen molar-refractivity contribution in [3.05, 3.63) is 63.3 Å². The summed E-state index contributed by atoms with van der Waals surface area (Å²) in [5.41, 5.74) is 3.54. The predicted octanol–water partition coefficient (Wildman–Crippen LogP) is 5.25. The summed E-state index contributed by atoms with van der Waals surface area (Å²) in [5.74, 6) is -0.515. The summed E-state index contributed by atoms with van der Waals surface area (Å²) in [6, 6.07) is 11.6. The van der Waals surface area contributed by atoms with E-state index in [9.17, 15) is 4.39 Å². The van der Waals surface area contributed by atoms with Crippen molar-refractivity contribution in [2.75, 3.05) is 5.43 Å². The topological polar surface area (TPSA) is 24.4 Å². The third kappa shape index (κ3) is 3.69. The molecule has 0 aromatic heterocycles. The average Bonchev–Trinajstić information content (AvgIpc) is 2.38. The van der Waals surface area contributed by atoms with E-state index in [1.54, 1.807) is 18.2 Å². The lowest BCUT2D eigenvalue weighted by molar-refractivity contribution is 0.626. The highest BCUT2D eigenvalue weighted by Crippen LogP contribution is 2.22. The summed E-state index contributed by atoms with van der Waals surface area (Å²) in [5, 5.41) is 4.09. The van der Waals surface area contributed by atoms with E-state index in [0.717, 1.165) is 10.2 Å². The molecule has 0 radical (unpaired) electrons. The molecule has 0 aliphatic carbocycles. The second kappa shape index (κ2) is 6.37. The lowest BCUT2D eigenvalue weighted by atomic mass is 10.2. The summed E-state index contributed by atoms with van der Waals surface area (Å²) in [6.07, 6.45) is 0. The number of hydrogen-bond acceptors (Lipinski definition) is 2. The fourth-order valence-corrected chi connectivity index (χ4v) is 2.19. The van der Waals surface area contributed by atoms with Gasteiger partial charge >= 0.3 is 0 Å². The number of hydrogen-bond donors (Lipinski definition) is 1. The van der Waals surface area contributed by atoms with Crippen molar-refractivity contribution in [1.82, 2.24) is 0 Å². The molecule has 0 bridgehead atoms. The van der Waals surface area contributed by atoms with Gasteiger partial charge < -0.3 is 0 Å². The average molecular weight is 362 g/mol. The minimum absolute atomic E-state index is 0.0361. The van der Waals surface area contributed by atoms with E-state index in [2.05, 4.69) is 26.5 Å². The molecule has 2 aromatic carbocycles. The van der Waals surface area contributed by atoms with Crippen LogP contribution in [0.3, 0.4) is 0 Å². The predicted molar refractivity (Wildman–Crippen MR) is 81.6 cm³/mol. The van der Waals surface area contributed by atoms with Gasteiger partial charge in [-0.2, -0.15) is 5.10 Å². The van der Waals surface area contributed by atoms with Crippen LogP contribution >= 0.6 is 39.1 Å². The van der Waals surface area contributed by atoms with Crippen LogP contribution in [-0.4, -0.2) is 5.17 Å². The van der Waals surface area contributed by atoms with Gasteiger partial charge in [0.1, 0.15) is 5.82 Å². The molecule has 2 aromatic rings. The standard InChI is InChI=1S/C13H8BrCl2FN2/c14-8-4-6-9(7-5-8)18-19-13(16)12-10(15)2-1-3-11(12)17/h1-7,18H/b19-13-. The van der Waals surface area contributed by atoms with Gasteiger partial charge in [0.25, 0.3) is 0 Å². The molecular formula is C13H8BrCl2FN2. The van der Waals surface area contributed by atoms with Crippen LogP contribution in [0.5, 0.6) is 0 Å². The van der Waals surface area contributed by atoms with E-state index in [1.807, 2.05) is 12.1 Å². The summed E-state index contributed by atoms with van der Waals surface area (Å²) < 4.78 is 14.5. The molecule has 0 spiro atoms. The molecule has 0 saturated carbocycles. The largest absolute Gasteiger partial charge is 0.277 e. The number of anilines is 1. The minimum Gasteiger partial charge on any atom is -0.277 e. The molecule has 1 N–H and O–H groups in total. The number of hydrazone groups is 1. The molecule has 0 heterocycles. The van der Waals surface area contributed by atoms with Crippen molar-refractivity contribution in [3.63, 3.8) is 0 Å². The molecule has 19 heavy (non-hydrogen) atoms. The van der Waals surface area contributed by atoms with Gasteiger partial charge in [0.2, 0.25) is 0 Å². The smallest absolute Gasteiger partial charge is 0.160 e. The summed E-state index contributed by atoms with van der Waals surface area (Å²) in [7, 11) is 0. The number of rotatable bonds is 3. The van der Waals surface area contributed by atoms with E-state index in [1.165, 1.54) is 12.1 Å². The van der Waals surface area contributed by atoms with Crippen LogP contribution in [0.2, 0.25) is 5.02 Å². The molecule has 0 aliphatic heterocycles. The second-order valence-electron chi connectivity index (χ2n) is 3.62. The van der Waals surface area contributed by atoms with Gasteiger partial charge in [-0.1, -0.05) is 45.2 Å². The molecule has 2 nitrogen and oxygen atoms in total. The summed E-state index contributed by atoms with van der Waals surface area (Å²) in [6.45, 7) is 0. The zero-order chi connectivity index (χ0) is 13.8. The number of benzene rings is 2. The van der Waals surface area contributed by atoms with Crippen molar-refractivity contribution in [2.24, 2.45) is 5.10 Å². The fourth-order valence-electron chi connectivity index (χ4n) is 1.39. The van der Waals surface area contributed by atoms with E-state index in [-0.39, 0.29) is 15.8 Å². The molecule has 98 valence electrons. The van der Waals surface area contributed by atoms with Gasteiger partial charge in [0, 0.05) is 4.47 Å². The SMILES string of the molecule is Fc1cccc(Cl)c1/C(Cl)=N/Nc1ccc(Br)cc1. The number of nitrogens with zero attached hydrogens (tertiary/aromatic N) is 1. The Kier molecular flexibility index (Phi) is 4.80. The normalized spacial score (nSPS) is 11.5. The monoisotopic (exact) mass is 360 g/mol. The van der Waals surface area contributed by atoms with Gasteiger partial charge in [0.05, 0.1) is 16.3 Å². The molecule has 0 amide bonds. The lowest BCUT2D eigenvalue weighted by Gasteiger charge is -2.05. The first-order valence-electron chi connectivity index (χ1n) is 5.27. The molecule has 0 aliphatic rings. The molecule has 0 atom stereocenters. The van der Waals surface area contributed by atoms with Gasteiger partial charge in [-0.25, -0.2) is 4.39 Å². The Morgan fingerprint density at radius 1 is 1.16 bits per heavy atom. The minimum atomic E-state index is -0.515. The van der Waals surface area contributed by atoms with Gasteiger partial charge in [-0.15, -0.1) is 0 Å². The maximum Gasteiger partial charge on any atom is 0.160 e. The number of nitrogens with one attached hydrogen (secondary N) is 1. The highest BCUT2D eigenvalue weighted by atomic mass is 79.9. The zero-order valence-corrected chi connectivity index (χ0v) is 12.6. The zero-order valence-electron chi connectivity index (χ0n) is 9.50. The molecule has 2 rings (SSSR count). The van der Waals surface area contributed by atoms with E-state index < -0.39 is 5.82 Å². The van der Waals surface area contributed by atoms with E-state index in [0.29, 0.717) is 0 Å². The third-order valence-electron chi connectivity index (χ3n) is 2.30. The Balaban J connectivity index is 2.22. The van der Waals surface area contributed by atoms with Crippen LogP contribution in [0.15, 0.2) is 52.0 Å². The summed E-state index contributed by atoms with van der Waals surface area (Å²) in [4.78, 5) is 0. The molecular weight excluding hydrogens is 354 g/mol. The van der Waals surface area contributed by atoms with Crippen LogP contribution < -0.4 is 5.43 Å². The first-order valence-corrected chi connectivity index (χ1v) is 6.82.